The van der Waals surface area contributed by atoms with Crippen molar-refractivity contribution in [1.29, 1.82) is 0 Å². The molecule has 1 unspecified atom stereocenters. The minimum Gasteiger partial charge on any atom is -0.311 e. The van der Waals surface area contributed by atoms with Gasteiger partial charge in [0.25, 0.3) is 0 Å². The Labute approximate surface area is 111 Å². The van der Waals surface area contributed by atoms with Crippen LogP contribution in [0.5, 0.6) is 0 Å². The summed E-state index contributed by atoms with van der Waals surface area (Å²) in [5.41, 5.74) is 0. The van der Waals surface area contributed by atoms with Crippen molar-refractivity contribution in [1.82, 2.24) is 10.2 Å². The molecule has 2 rings (SSSR count). The zero-order chi connectivity index (χ0) is 12.1. The van der Waals surface area contributed by atoms with Crippen molar-refractivity contribution in [2.75, 3.05) is 32.4 Å². The lowest BCUT2D eigenvalue weighted by Gasteiger charge is -2.39. The molecule has 1 aliphatic heterocycles. The molecule has 0 bridgehead atoms. The molecule has 3 heteroatoms. The van der Waals surface area contributed by atoms with Gasteiger partial charge in [-0.2, -0.15) is 11.8 Å². The normalized spacial score (nSPS) is 29.6. The summed E-state index contributed by atoms with van der Waals surface area (Å²) in [5, 5.41) is 3.66. The molecule has 0 aromatic rings. The van der Waals surface area contributed by atoms with Gasteiger partial charge in [-0.05, 0) is 25.5 Å². The fourth-order valence-corrected chi connectivity index (χ4v) is 4.44. The molecule has 17 heavy (non-hydrogen) atoms. The smallest absolute Gasteiger partial charge is 0.0284 e. The second-order valence-electron chi connectivity index (χ2n) is 5.77. The molecule has 0 spiro atoms. The highest BCUT2D eigenvalue weighted by molar-refractivity contribution is 8.00. The van der Waals surface area contributed by atoms with Crippen LogP contribution in [0.4, 0.5) is 0 Å². The molecule has 1 N–H and O–H groups in total. The molecule has 0 aromatic heterocycles. The first-order valence-electron chi connectivity index (χ1n) is 7.29. The summed E-state index contributed by atoms with van der Waals surface area (Å²) in [6.07, 6.45) is 10.7. The quantitative estimate of drug-likeness (QED) is 0.814. The van der Waals surface area contributed by atoms with Crippen molar-refractivity contribution >= 4 is 11.8 Å². The maximum absolute atomic E-state index is 3.66. The highest BCUT2D eigenvalue weighted by Crippen LogP contribution is 2.40. The first-order valence-corrected chi connectivity index (χ1v) is 8.51. The number of rotatable bonds is 5. The molecule has 1 saturated heterocycles. The van der Waals surface area contributed by atoms with Crippen LogP contribution in [-0.2, 0) is 0 Å². The van der Waals surface area contributed by atoms with E-state index in [4.69, 9.17) is 0 Å². The Morgan fingerprint density at radius 1 is 1.35 bits per heavy atom. The van der Waals surface area contributed by atoms with E-state index in [1.165, 1.54) is 64.7 Å². The van der Waals surface area contributed by atoms with Crippen LogP contribution in [0.15, 0.2) is 0 Å². The summed E-state index contributed by atoms with van der Waals surface area (Å²) < 4.78 is 0.591. The van der Waals surface area contributed by atoms with Crippen LogP contribution in [0.25, 0.3) is 0 Å². The minimum absolute atomic E-state index is 0.591. The first-order chi connectivity index (χ1) is 8.28. The molecular formula is C14H28N2S. The topological polar surface area (TPSA) is 15.3 Å². The first kappa shape index (κ1) is 13.7. The Morgan fingerprint density at radius 3 is 2.76 bits per heavy atom. The summed E-state index contributed by atoms with van der Waals surface area (Å²) in [5.74, 6) is 0. The van der Waals surface area contributed by atoms with Crippen LogP contribution in [0.3, 0.4) is 0 Å². The van der Waals surface area contributed by atoms with E-state index in [1.54, 1.807) is 0 Å². The molecule has 1 aliphatic carbocycles. The van der Waals surface area contributed by atoms with E-state index in [0.717, 1.165) is 6.04 Å². The van der Waals surface area contributed by atoms with Gasteiger partial charge in [0.1, 0.15) is 0 Å². The monoisotopic (exact) mass is 256 g/mol. The molecule has 0 aromatic carbocycles. The van der Waals surface area contributed by atoms with Crippen LogP contribution in [0.2, 0.25) is 0 Å². The van der Waals surface area contributed by atoms with E-state index >= 15 is 0 Å². The van der Waals surface area contributed by atoms with Gasteiger partial charge in [0.05, 0.1) is 0 Å². The Bertz CT molecular complexity index is 224. The van der Waals surface area contributed by atoms with Crippen molar-refractivity contribution < 1.29 is 0 Å². The summed E-state index contributed by atoms with van der Waals surface area (Å²) in [6.45, 7) is 7.34. The van der Waals surface area contributed by atoms with Crippen molar-refractivity contribution in [3.63, 3.8) is 0 Å². The zero-order valence-corrected chi connectivity index (χ0v) is 12.3. The van der Waals surface area contributed by atoms with Crippen molar-refractivity contribution in [2.24, 2.45) is 0 Å². The predicted molar refractivity (Wildman–Crippen MR) is 77.9 cm³/mol. The van der Waals surface area contributed by atoms with Crippen molar-refractivity contribution in [3.8, 4) is 0 Å². The van der Waals surface area contributed by atoms with Gasteiger partial charge in [0, 0.05) is 37.0 Å². The third kappa shape index (κ3) is 3.62. The van der Waals surface area contributed by atoms with Crippen LogP contribution in [0.1, 0.15) is 45.4 Å². The molecule has 1 atom stereocenters. The van der Waals surface area contributed by atoms with Gasteiger partial charge in [-0.3, -0.25) is 4.90 Å². The van der Waals surface area contributed by atoms with Crippen LogP contribution in [-0.4, -0.2) is 48.1 Å². The molecule has 2 fully saturated rings. The third-order valence-corrected chi connectivity index (χ3v) is 5.84. The molecule has 1 saturated carbocycles. The predicted octanol–water partition coefficient (Wildman–Crippen LogP) is 2.74. The van der Waals surface area contributed by atoms with E-state index in [9.17, 15) is 0 Å². The molecule has 0 amide bonds. The van der Waals surface area contributed by atoms with Gasteiger partial charge < -0.3 is 5.32 Å². The van der Waals surface area contributed by atoms with E-state index in [0.29, 0.717) is 4.75 Å². The van der Waals surface area contributed by atoms with Gasteiger partial charge in [-0.1, -0.05) is 26.2 Å². The summed E-state index contributed by atoms with van der Waals surface area (Å²) in [6, 6.07) is 0.744. The van der Waals surface area contributed by atoms with Gasteiger partial charge in [0.2, 0.25) is 0 Å². The molecule has 2 aliphatic rings. The maximum atomic E-state index is 3.66. The Kier molecular flexibility index (Phi) is 5.19. The lowest BCUT2D eigenvalue weighted by Crippen LogP contribution is -2.53. The van der Waals surface area contributed by atoms with Crippen LogP contribution in [0, 0.1) is 0 Å². The van der Waals surface area contributed by atoms with Crippen molar-refractivity contribution in [2.45, 2.75) is 56.2 Å². The number of hydrogen-bond donors (Lipinski definition) is 1. The Hall–Kier alpha value is 0.270. The highest BCUT2D eigenvalue weighted by Gasteiger charge is 2.35. The number of nitrogens with zero attached hydrogens (tertiary/aromatic N) is 1. The molecule has 2 nitrogen and oxygen atoms in total. The third-order valence-electron chi connectivity index (χ3n) is 4.44. The number of nitrogens with one attached hydrogen (secondary N) is 1. The summed E-state index contributed by atoms with van der Waals surface area (Å²) in [7, 11) is 0. The van der Waals surface area contributed by atoms with Crippen LogP contribution >= 0.6 is 11.8 Å². The Balaban J connectivity index is 1.85. The van der Waals surface area contributed by atoms with E-state index in [1.807, 2.05) is 0 Å². The number of hydrogen-bond acceptors (Lipinski definition) is 3. The number of thioether (sulfide) groups is 1. The zero-order valence-electron chi connectivity index (χ0n) is 11.5. The average molecular weight is 256 g/mol. The Morgan fingerprint density at radius 2 is 2.12 bits per heavy atom. The van der Waals surface area contributed by atoms with Gasteiger partial charge in [0.15, 0.2) is 0 Å². The second kappa shape index (κ2) is 6.44. The fraction of sp³-hybridized carbons (Fsp3) is 1.00. The largest absolute Gasteiger partial charge is 0.311 e. The fourth-order valence-electron chi connectivity index (χ4n) is 3.43. The summed E-state index contributed by atoms with van der Waals surface area (Å²) in [4.78, 5) is 2.72. The molecular weight excluding hydrogens is 228 g/mol. The average Bonchev–Trinajstić information content (AvgIpc) is 2.79. The minimum atomic E-state index is 0.591. The molecule has 100 valence electrons. The standard InChI is InChI=1S/C14H28N2S/c1-3-6-13-11-16(10-9-15-13)12-14(17-2)7-4-5-8-14/h13,15H,3-12H2,1-2H3. The second-order valence-corrected chi connectivity index (χ2v) is 7.04. The van der Waals surface area contributed by atoms with Crippen LogP contribution < -0.4 is 5.32 Å². The highest BCUT2D eigenvalue weighted by atomic mass is 32.2. The summed E-state index contributed by atoms with van der Waals surface area (Å²) >= 11 is 2.13. The van der Waals surface area contributed by atoms with Crippen molar-refractivity contribution in [3.05, 3.63) is 0 Å². The lowest BCUT2D eigenvalue weighted by molar-refractivity contribution is 0.178. The van der Waals surface area contributed by atoms with Gasteiger partial charge >= 0.3 is 0 Å². The van der Waals surface area contributed by atoms with E-state index in [-0.39, 0.29) is 0 Å². The lowest BCUT2D eigenvalue weighted by atomic mass is 10.0. The van der Waals surface area contributed by atoms with Gasteiger partial charge in [-0.25, -0.2) is 0 Å². The maximum Gasteiger partial charge on any atom is 0.0284 e. The van der Waals surface area contributed by atoms with E-state index < -0.39 is 0 Å². The molecule has 0 radical (unpaired) electrons. The number of piperazine rings is 1. The molecule has 1 heterocycles. The SMILES string of the molecule is CCCC1CN(CC2(SC)CCCC2)CCN1. The van der Waals surface area contributed by atoms with E-state index in [2.05, 4.69) is 35.2 Å². The van der Waals surface area contributed by atoms with Gasteiger partial charge in [-0.15, -0.1) is 0 Å².